The van der Waals surface area contributed by atoms with Crippen LogP contribution in [0.4, 0.5) is 8.78 Å². The summed E-state index contributed by atoms with van der Waals surface area (Å²) in [4.78, 5) is 39.9. The first-order valence-corrected chi connectivity index (χ1v) is 8.24. The summed E-state index contributed by atoms with van der Waals surface area (Å²) >= 11 is 0. The van der Waals surface area contributed by atoms with E-state index < -0.39 is 17.8 Å². The van der Waals surface area contributed by atoms with Crippen molar-refractivity contribution in [2.45, 2.75) is 25.7 Å². The molecule has 0 atom stereocenters. The minimum Gasteiger partial charge on any atom is -0.481 e. The number of hydrogen-bond acceptors (Lipinski definition) is 3. The van der Waals surface area contributed by atoms with Gasteiger partial charge in [0.05, 0.1) is 6.42 Å². The second-order valence-electron chi connectivity index (χ2n) is 6.53. The number of hydrogen-bond donors (Lipinski definition) is 2. The van der Waals surface area contributed by atoms with Crippen molar-refractivity contribution < 1.29 is 23.5 Å². The van der Waals surface area contributed by atoms with Gasteiger partial charge in [0.15, 0.2) is 0 Å². The Morgan fingerprint density at radius 2 is 1.88 bits per heavy atom. The van der Waals surface area contributed by atoms with Gasteiger partial charge in [0.2, 0.25) is 5.91 Å². The number of H-pyrrole nitrogens is 1. The molecule has 6 nitrogen and oxygen atoms in total. The van der Waals surface area contributed by atoms with Crippen molar-refractivity contribution in [3.63, 3.8) is 0 Å². The van der Waals surface area contributed by atoms with Crippen LogP contribution in [0.15, 0.2) is 35.1 Å². The molecule has 1 fully saturated rings. The van der Waals surface area contributed by atoms with Gasteiger partial charge in [-0.1, -0.05) is 18.2 Å². The van der Waals surface area contributed by atoms with Crippen LogP contribution in [0.1, 0.15) is 18.4 Å². The molecule has 1 aromatic heterocycles. The number of fused-ring (bicyclic) bond motifs is 1. The number of aliphatic carboxylic acids is 1. The van der Waals surface area contributed by atoms with Crippen molar-refractivity contribution in [1.82, 2.24) is 9.88 Å². The van der Waals surface area contributed by atoms with E-state index in [1.807, 2.05) is 12.1 Å². The van der Waals surface area contributed by atoms with E-state index in [4.69, 9.17) is 5.11 Å². The monoisotopic (exact) mass is 364 g/mol. The van der Waals surface area contributed by atoms with Gasteiger partial charge in [0.1, 0.15) is 5.41 Å². The van der Waals surface area contributed by atoms with E-state index in [-0.39, 0.29) is 49.4 Å². The second kappa shape index (κ2) is 6.86. The summed E-state index contributed by atoms with van der Waals surface area (Å²) in [6.07, 6.45) is -3.75. The van der Waals surface area contributed by atoms with Crippen LogP contribution in [0.3, 0.4) is 0 Å². The molecule has 0 saturated carbocycles. The summed E-state index contributed by atoms with van der Waals surface area (Å²) in [6, 6.07) is 8.80. The molecule has 2 heterocycles. The van der Waals surface area contributed by atoms with Crippen molar-refractivity contribution >= 4 is 22.8 Å². The number of carbonyl (C=O) groups excluding carboxylic acids is 1. The van der Waals surface area contributed by atoms with Crippen LogP contribution in [0.2, 0.25) is 0 Å². The Morgan fingerprint density at radius 1 is 1.23 bits per heavy atom. The van der Waals surface area contributed by atoms with Gasteiger partial charge in [-0.2, -0.15) is 0 Å². The SMILES string of the molecule is O=C(Cc1cc2ccccc2[nH]c1=O)N1CCC(C(=O)O)(C(F)F)CC1. The van der Waals surface area contributed by atoms with Crippen LogP contribution >= 0.6 is 0 Å². The minimum atomic E-state index is -2.99. The Kier molecular flexibility index (Phi) is 4.76. The molecule has 3 rings (SSSR count). The summed E-state index contributed by atoms with van der Waals surface area (Å²) in [5, 5.41) is 9.92. The predicted molar refractivity (Wildman–Crippen MR) is 90.2 cm³/mol. The number of halogens is 2. The highest BCUT2D eigenvalue weighted by Gasteiger charge is 2.49. The van der Waals surface area contributed by atoms with Crippen molar-refractivity contribution in [2.75, 3.05) is 13.1 Å². The third-order valence-corrected chi connectivity index (χ3v) is 5.02. The number of carboxylic acid groups (broad SMARTS) is 1. The Morgan fingerprint density at radius 3 is 2.50 bits per heavy atom. The molecule has 138 valence electrons. The van der Waals surface area contributed by atoms with Gasteiger partial charge in [0, 0.05) is 24.2 Å². The number of likely N-dealkylation sites (tertiary alicyclic amines) is 1. The lowest BCUT2D eigenvalue weighted by molar-refractivity contribution is -0.167. The maximum Gasteiger partial charge on any atom is 0.315 e. The number of amides is 1. The van der Waals surface area contributed by atoms with Crippen LogP contribution in [0, 0.1) is 5.41 Å². The summed E-state index contributed by atoms with van der Waals surface area (Å²) in [7, 11) is 0. The third-order valence-electron chi connectivity index (χ3n) is 5.02. The number of benzene rings is 1. The molecule has 8 heteroatoms. The summed E-state index contributed by atoms with van der Waals surface area (Å²) in [6.45, 7) is -0.137. The lowest BCUT2D eigenvalue weighted by atomic mass is 9.78. The fraction of sp³-hybridized carbons (Fsp3) is 0.389. The standard InChI is InChI=1S/C18H18F2N2O4/c19-16(20)18(17(25)26)5-7-22(8-6-18)14(23)10-12-9-11-3-1-2-4-13(11)21-15(12)24/h1-4,9,16H,5-8,10H2,(H,21,24)(H,25,26). The van der Waals surface area contributed by atoms with Gasteiger partial charge in [-0.25, -0.2) is 8.78 Å². The maximum absolute atomic E-state index is 13.2. The lowest BCUT2D eigenvalue weighted by Crippen LogP contribution is -2.50. The van der Waals surface area contributed by atoms with Crippen LogP contribution in [-0.2, 0) is 16.0 Å². The van der Waals surface area contributed by atoms with Gasteiger partial charge in [-0.05, 0) is 30.4 Å². The van der Waals surface area contributed by atoms with Crippen molar-refractivity contribution in [1.29, 1.82) is 0 Å². The fourth-order valence-electron chi connectivity index (χ4n) is 3.28. The highest BCUT2D eigenvalue weighted by Crippen LogP contribution is 2.38. The normalized spacial score (nSPS) is 16.8. The molecule has 1 aromatic carbocycles. The maximum atomic E-state index is 13.2. The van der Waals surface area contributed by atoms with Crippen LogP contribution in [0.25, 0.3) is 10.9 Å². The van der Waals surface area contributed by atoms with Crippen molar-refractivity contribution in [3.05, 3.63) is 46.2 Å². The number of para-hydroxylation sites is 1. The van der Waals surface area contributed by atoms with Crippen molar-refractivity contribution in [2.24, 2.45) is 5.41 Å². The number of pyridine rings is 1. The minimum absolute atomic E-state index is 0.0685. The number of nitrogens with one attached hydrogen (secondary N) is 1. The average molecular weight is 364 g/mol. The van der Waals surface area contributed by atoms with Crippen LogP contribution < -0.4 is 5.56 Å². The first-order chi connectivity index (χ1) is 12.3. The van der Waals surface area contributed by atoms with E-state index in [9.17, 15) is 23.2 Å². The van der Waals surface area contributed by atoms with Crippen LogP contribution in [0.5, 0.6) is 0 Å². The topological polar surface area (TPSA) is 90.5 Å². The number of aromatic nitrogens is 1. The number of carbonyl (C=O) groups is 2. The molecule has 1 amide bonds. The third kappa shape index (κ3) is 3.18. The van der Waals surface area contributed by atoms with Gasteiger partial charge in [-0.3, -0.25) is 14.4 Å². The van der Waals surface area contributed by atoms with Gasteiger partial charge < -0.3 is 15.0 Å². The molecular weight excluding hydrogens is 346 g/mol. The zero-order valence-corrected chi connectivity index (χ0v) is 13.9. The molecule has 1 aliphatic rings. The lowest BCUT2D eigenvalue weighted by Gasteiger charge is -2.38. The van der Waals surface area contributed by atoms with E-state index in [1.165, 1.54) is 4.90 Å². The first kappa shape index (κ1) is 18.0. The number of aromatic amines is 1. The smallest absolute Gasteiger partial charge is 0.315 e. The molecule has 0 bridgehead atoms. The number of nitrogens with zero attached hydrogens (tertiary/aromatic N) is 1. The Labute approximate surface area is 147 Å². The van der Waals surface area contributed by atoms with Crippen molar-refractivity contribution in [3.8, 4) is 0 Å². The molecule has 0 spiro atoms. The summed E-state index contributed by atoms with van der Waals surface area (Å²) in [5.74, 6) is -1.91. The highest BCUT2D eigenvalue weighted by atomic mass is 19.3. The summed E-state index contributed by atoms with van der Waals surface area (Å²) in [5.41, 5.74) is -1.52. The molecular formula is C18H18F2N2O4. The highest BCUT2D eigenvalue weighted by molar-refractivity contribution is 5.83. The van der Waals surface area contributed by atoms with E-state index in [1.54, 1.807) is 18.2 Å². The van der Waals surface area contributed by atoms with E-state index in [2.05, 4.69) is 4.98 Å². The molecule has 2 aromatic rings. The van der Waals surface area contributed by atoms with Gasteiger partial charge >= 0.3 is 5.97 Å². The second-order valence-corrected chi connectivity index (χ2v) is 6.53. The Balaban J connectivity index is 1.73. The summed E-state index contributed by atoms with van der Waals surface area (Å²) < 4.78 is 26.3. The number of rotatable bonds is 4. The predicted octanol–water partition coefficient (Wildman–Crippen LogP) is 2.03. The Bertz CT molecular complexity index is 901. The first-order valence-electron chi connectivity index (χ1n) is 8.24. The molecule has 0 radical (unpaired) electrons. The number of piperidine rings is 1. The van der Waals surface area contributed by atoms with E-state index in [0.717, 1.165) is 5.39 Å². The fourth-order valence-corrected chi connectivity index (χ4v) is 3.28. The largest absolute Gasteiger partial charge is 0.481 e. The molecule has 2 N–H and O–H groups in total. The van der Waals surface area contributed by atoms with Gasteiger partial charge in [-0.15, -0.1) is 0 Å². The average Bonchev–Trinajstić information content (AvgIpc) is 2.62. The zero-order valence-electron chi connectivity index (χ0n) is 13.9. The number of alkyl halides is 2. The van der Waals surface area contributed by atoms with Crippen LogP contribution in [-0.4, -0.2) is 46.4 Å². The Hall–Kier alpha value is -2.77. The van der Waals surface area contributed by atoms with E-state index in [0.29, 0.717) is 5.52 Å². The van der Waals surface area contributed by atoms with Gasteiger partial charge in [0.25, 0.3) is 12.0 Å². The molecule has 0 aliphatic carbocycles. The molecule has 1 saturated heterocycles. The van der Waals surface area contributed by atoms with E-state index >= 15 is 0 Å². The molecule has 26 heavy (non-hydrogen) atoms. The quantitative estimate of drug-likeness (QED) is 0.869. The zero-order chi connectivity index (χ0) is 18.9. The molecule has 1 aliphatic heterocycles. The number of carboxylic acids is 1. The molecule has 0 unspecified atom stereocenters.